The van der Waals surface area contributed by atoms with Gasteiger partial charge in [0.15, 0.2) is 9.84 Å². The largest absolute Gasteiger partial charge is 0.501 e. The first-order valence-electron chi connectivity index (χ1n) is 14.1. The molecule has 3 aliphatic rings. The van der Waals surface area contributed by atoms with E-state index in [0.29, 0.717) is 36.2 Å². The highest BCUT2D eigenvalue weighted by atomic mass is 32.2. The highest BCUT2D eigenvalue weighted by Gasteiger charge is 2.38. The molecule has 0 aromatic heterocycles. The standard InChI is InChI=1S/C28H49N3O5S/c1-6-26(22(2)19-23(3)35-5)37(33,34)27-10-8-7-9-24(27)20-36-21-28(32)31-17-15-30(16-18-31)25-11-13-29(4)14-12-25/h19,24-25,27H,6-18,20-21H2,1-5H3/b23-19+,26-22+. The SMILES string of the molecule is CC/C(=C(C)\C=C(/C)OC)S(=O)(=O)C1CCCCC1COCC(=O)N1CCN(C2CCN(C)CC2)CC1. The van der Waals surface area contributed by atoms with Gasteiger partial charge in [-0.05, 0) is 83.7 Å². The summed E-state index contributed by atoms with van der Waals surface area (Å²) >= 11 is 0. The van der Waals surface area contributed by atoms with E-state index < -0.39 is 15.1 Å². The minimum Gasteiger partial charge on any atom is -0.501 e. The van der Waals surface area contributed by atoms with Crippen LogP contribution in [0.5, 0.6) is 0 Å². The summed E-state index contributed by atoms with van der Waals surface area (Å²) in [4.78, 5) is 20.2. The molecule has 9 heteroatoms. The van der Waals surface area contributed by atoms with Crippen molar-refractivity contribution >= 4 is 15.7 Å². The summed E-state index contributed by atoms with van der Waals surface area (Å²) in [5.41, 5.74) is 0.738. The Morgan fingerprint density at radius 2 is 1.62 bits per heavy atom. The van der Waals surface area contributed by atoms with Crippen LogP contribution in [0.4, 0.5) is 0 Å². The number of allylic oxidation sites excluding steroid dienone is 4. The average Bonchev–Trinajstić information content (AvgIpc) is 2.89. The Hall–Kier alpha value is -1.42. The number of hydrogen-bond donors (Lipinski definition) is 0. The number of nitrogens with zero attached hydrogens (tertiary/aromatic N) is 3. The molecular formula is C28H49N3O5S. The fourth-order valence-electron chi connectivity index (χ4n) is 6.19. The van der Waals surface area contributed by atoms with Gasteiger partial charge in [-0.3, -0.25) is 9.69 Å². The Morgan fingerprint density at radius 3 is 2.24 bits per heavy atom. The Balaban J connectivity index is 1.52. The molecule has 8 nitrogen and oxygen atoms in total. The van der Waals surface area contributed by atoms with Crippen molar-refractivity contribution in [2.75, 3.05) is 66.6 Å². The maximum absolute atomic E-state index is 13.7. The van der Waals surface area contributed by atoms with Crippen molar-refractivity contribution in [3.63, 3.8) is 0 Å². The number of likely N-dealkylation sites (tertiary alicyclic amines) is 1. The number of hydrogen-bond acceptors (Lipinski definition) is 7. The van der Waals surface area contributed by atoms with Crippen molar-refractivity contribution in [3.05, 3.63) is 22.3 Å². The summed E-state index contributed by atoms with van der Waals surface area (Å²) in [5.74, 6) is 0.617. The second kappa shape index (κ2) is 14.1. The van der Waals surface area contributed by atoms with E-state index in [2.05, 4.69) is 16.8 Å². The lowest BCUT2D eigenvalue weighted by Crippen LogP contribution is -2.54. The van der Waals surface area contributed by atoms with Crippen LogP contribution in [-0.2, 0) is 24.1 Å². The van der Waals surface area contributed by atoms with E-state index in [-0.39, 0.29) is 18.4 Å². The Kier molecular flexibility index (Phi) is 11.5. The van der Waals surface area contributed by atoms with Crippen molar-refractivity contribution in [1.29, 1.82) is 0 Å². The van der Waals surface area contributed by atoms with E-state index in [1.807, 2.05) is 25.7 Å². The zero-order valence-corrected chi connectivity index (χ0v) is 24.5. The molecule has 2 saturated heterocycles. The maximum Gasteiger partial charge on any atom is 0.248 e. The molecule has 1 amide bonds. The van der Waals surface area contributed by atoms with Crippen LogP contribution in [0.2, 0.25) is 0 Å². The van der Waals surface area contributed by atoms with Gasteiger partial charge in [0.1, 0.15) is 6.61 Å². The number of carbonyl (C=O) groups excluding carboxylic acids is 1. The van der Waals surface area contributed by atoms with E-state index in [9.17, 15) is 13.2 Å². The monoisotopic (exact) mass is 539 g/mol. The van der Waals surface area contributed by atoms with Gasteiger partial charge in [-0.2, -0.15) is 0 Å². The number of carbonyl (C=O) groups is 1. The number of rotatable bonds is 10. The third kappa shape index (κ3) is 8.04. The molecule has 0 spiro atoms. The lowest BCUT2D eigenvalue weighted by atomic mass is 9.89. The van der Waals surface area contributed by atoms with Crippen LogP contribution in [0.3, 0.4) is 0 Å². The summed E-state index contributed by atoms with van der Waals surface area (Å²) < 4.78 is 38.5. The molecule has 212 valence electrons. The van der Waals surface area contributed by atoms with Gasteiger partial charge < -0.3 is 19.3 Å². The van der Waals surface area contributed by atoms with Gasteiger partial charge in [0, 0.05) is 37.1 Å². The summed E-state index contributed by atoms with van der Waals surface area (Å²) in [6.07, 6.45) is 8.03. The second-order valence-corrected chi connectivity index (χ2v) is 13.2. The summed E-state index contributed by atoms with van der Waals surface area (Å²) in [5, 5.41) is -0.462. The predicted octanol–water partition coefficient (Wildman–Crippen LogP) is 3.45. The number of methoxy groups -OCH3 is 1. The fraction of sp³-hybridized carbons (Fsp3) is 0.821. The van der Waals surface area contributed by atoms with Crippen molar-refractivity contribution in [2.24, 2.45) is 5.92 Å². The van der Waals surface area contributed by atoms with Gasteiger partial charge in [0.05, 0.1) is 24.7 Å². The third-order valence-corrected chi connectivity index (χ3v) is 11.2. The number of piperidine rings is 1. The molecule has 3 fully saturated rings. The van der Waals surface area contributed by atoms with Gasteiger partial charge in [0.2, 0.25) is 5.91 Å². The molecule has 3 rings (SSSR count). The zero-order chi connectivity index (χ0) is 27.0. The van der Waals surface area contributed by atoms with Gasteiger partial charge in [-0.15, -0.1) is 0 Å². The average molecular weight is 540 g/mol. The van der Waals surface area contributed by atoms with E-state index in [4.69, 9.17) is 9.47 Å². The van der Waals surface area contributed by atoms with Gasteiger partial charge in [-0.1, -0.05) is 19.8 Å². The predicted molar refractivity (Wildman–Crippen MR) is 148 cm³/mol. The van der Waals surface area contributed by atoms with Crippen LogP contribution in [-0.4, -0.2) is 107 Å². The first-order valence-corrected chi connectivity index (χ1v) is 15.7. The molecule has 2 aliphatic heterocycles. The fourth-order valence-corrected chi connectivity index (χ4v) is 8.66. The topological polar surface area (TPSA) is 79.4 Å². The molecule has 2 atom stereocenters. The summed E-state index contributed by atoms with van der Waals surface area (Å²) in [6, 6.07) is 0.634. The van der Waals surface area contributed by atoms with Crippen molar-refractivity contribution in [1.82, 2.24) is 14.7 Å². The summed E-state index contributed by atoms with van der Waals surface area (Å²) in [6.45, 7) is 11.5. The first-order chi connectivity index (χ1) is 17.7. The molecule has 0 radical (unpaired) electrons. The molecule has 0 aromatic rings. The lowest BCUT2D eigenvalue weighted by Gasteiger charge is -2.42. The Morgan fingerprint density at radius 1 is 0.973 bits per heavy atom. The van der Waals surface area contributed by atoms with Crippen LogP contribution in [0.25, 0.3) is 0 Å². The van der Waals surface area contributed by atoms with Crippen molar-refractivity contribution < 1.29 is 22.7 Å². The van der Waals surface area contributed by atoms with Crippen LogP contribution in [0.1, 0.15) is 65.7 Å². The van der Waals surface area contributed by atoms with Gasteiger partial charge in [0.25, 0.3) is 0 Å². The molecular weight excluding hydrogens is 490 g/mol. The Bertz CT molecular complexity index is 916. The Labute approximate surface area is 224 Å². The van der Waals surface area contributed by atoms with E-state index in [1.165, 1.54) is 12.8 Å². The smallest absolute Gasteiger partial charge is 0.248 e. The van der Waals surface area contributed by atoms with E-state index in [0.717, 1.165) is 64.1 Å². The molecule has 1 saturated carbocycles. The van der Waals surface area contributed by atoms with Gasteiger partial charge >= 0.3 is 0 Å². The molecule has 1 aliphatic carbocycles. The quantitative estimate of drug-likeness (QED) is 0.311. The minimum atomic E-state index is -3.47. The van der Waals surface area contributed by atoms with Crippen LogP contribution < -0.4 is 0 Å². The molecule has 37 heavy (non-hydrogen) atoms. The van der Waals surface area contributed by atoms with Gasteiger partial charge in [-0.25, -0.2) is 8.42 Å². The molecule has 0 N–H and O–H groups in total. The number of amides is 1. The molecule has 2 heterocycles. The molecule has 2 unspecified atom stereocenters. The van der Waals surface area contributed by atoms with Crippen LogP contribution in [0.15, 0.2) is 22.3 Å². The number of ether oxygens (including phenoxy) is 2. The van der Waals surface area contributed by atoms with E-state index in [1.54, 1.807) is 13.2 Å². The first kappa shape index (κ1) is 30.1. The normalized spacial score (nSPS) is 26.2. The van der Waals surface area contributed by atoms with Crippen molar-refractivity contribution in [3.8, 4) is 0 Å². The zero-order valence-electron chi connectivity index (χ0n) is 23.7. The molecule has 0 aromatic carbocycles. The lowest BCUT2D eigenvalue weighted by molar-refractivity contribution is -0.138. The second-order valence-electron chi connectivity index (χ2n) is 11.0. The molecule has 0 bridgehead atoms. The summed E-state index contributed by atoms with van der Waals surface area (Å²) in [7, 11) is 0.296. The third-order valence-electron chi connectivity index (χ3n) is 8.51. The highest BCUT2D eigenvalue weighted by Crippen LogP contribution is 2.35. The van der Waals surface area contributed by atoms with Crippen LogP contribution in [0, 0.1) is 5.92 Å². The number of piperazine rings is 1. The van der Waals surface area contributed by atoms with Crippen molar-refractivity contribution in [2.45, 2.75) is 77.0 Å². The number of sulfone groups is 1. The van der Waals surface area contributed by atoms with Crippen LogP contribution >= 0.6 is 0 Å². The minimum absolute atomic E-state index is 0.0170. The van der Waals surface area contributed by atoms with E-state index >= 15 is 0 Å². The maximum atomic E-state index is 13.7. The highest BCUT2D eigenvalue weighted by molar-refractivity contribution is 7.95.